The van der Waals surface area contributed by atoms with Crippen LogP contribution in [0.15, 0.2) is 18.2 Å². The summed E-state index contributed by atoms with van der Waals surface area (Å²) in [6.45, 7) is 11.0. The van der Waals surface area contributed by atoms with Crippen LogP contribution in [-0.2, 0) is 11.2 Å². The number of fused-ring (bicyclic) bond motifs is 1. The zero-order valence-electron chi connectivity index (χ0n) is 20.6. The third-order valence-corrected chi connectivity index (χ3v) is 7.43. The van der Waals surface area contributed by atoms with Gasteiger partial charge in [0.05, 0.1) is 12.5 Å². The number of aliphatic hydroxyl groups is 1. The van der Waals surface area contributed by atoms with Crippen LogP contribution in [0.4, 0.5) is 0 Å². The van der Waals surface area contributed by atoms with Crippen molar-refractivity contribution >= 4 is 5.91 Å². The predicted octanol–water partition coefficient (Wildman–Crippen LogP) is 3.43. The number of aliphatic hydroxyl groups excluding tert-OH is 1. The fourth-order valence-corrected chi connectivity index (χ4v) is 5.02. The molecular formula is C26H43N3O3. The van der Waals surface area contributed by atoms with Crippen LogP contribution in [0.1, 0.15) is 77.0 Å². The van der Waals surface area contributed by atoms with E-state index in [1.165, 1.54) is 12.8 Å². The van der Waals surface area contributed by atoms with E-state index in [2.05, 4.69) is 36.4 Å². The number of nitrogens with zero attached hydrogens (tertiary/aromatic N) is 1. The number of hydrogen-bond acceptors (Lipinski definition) is 5. The van der Waals surface area contributed by atoms with Crippen molar-refractivity contribution in [3.8, 4) is 5.75 Å². The van der Waals surface area contributed by atoms with Gasteiger partial charge in [-0.2, -0.15) is 0 Å². The molecule has 6 heteroatoms. The Kier molecular flexibility index (Phi) is 8.59. The van der Waals surface area contributed by atoms with E-state index in [0.29, 0.717) is 24.9 Å². The summed E-state index contributed by atoms with van der Waals surface area (Å²) in [5, 5.41) is 17.7. The molecule has 1 aromatic rings. The monoisotopic (exact) mass is 445 g/mol. The molecule has 0 saturated carbocycles. The second kappa shape index (κ2) is 11.0. The molecule has 1 fully saturated rings. The second-order valence-corrected chi connectivity index (χ2v) is 10.2. The first-order valence-corrected chi connectivity index (χ1v) is 12.4. The molecular weight excluding hydrogens is 402 g/mol. The van der Waals surface area contributed by atoms with Crippen LogP contribution in [0, 0.1) is 5.92 Å². The van der Waals surface area contributed by atoms with Gasteiger partial charge < -0.3 is 25.4 Å². The standard InChI is InChI=1S/C26H43N3O3/c1-6-18(7-2)17-28-24-21-15-19(10-11-22(21)32-26(3,4)25(24)31)16-23(30)27-13-12-20-9-8-14-29(20)5/h10-11,15,18,20,24-25,28,31H,6-9,12-14,16-17H2,1-5H3,(H,27,30). The number of carbonyl (C=O) groups is 1. The van der Waals surface area contributed by atoms with E-state index in [0.717, 1.165) is 49.2 Å². The molecule has 3 unspecified atom stereocenters. The van der Waals surface area contributed by atoms with Crippen LogP contribution in [0.3, 0.4) is 0 Å². The Morgan fingerprint density at radius 1 is 1.31 bits per heavy atom. The first-order valence-electron chi connectivity index (χ1n) is 12.4. The molecule has 0 aliphatic carbocycles. The topological polar surface area (TPSA) is 73.8 Å². The SMILES string of the molecule is CCC(CC)CNC1c2cc(CC(=O)NCCC3CCCN3C)ccc2OC(C)(C)C1O. The average molecular weight is 446 g/mol. The van der Waals surface area contributed by atoms with Crippen LogP contribution >= 0.6 is 0 Å². The van der Waals surface area contributed by atoms with E-state index in [4.69, 9.17) is 4.74 Å². The summed E-state index contributed by atoms with van der Waals surface area (Å²) in [5.41, 5.74) is 1.22. The molecule has 0 bridgehead atoms. The Labute approximate surface area is 194 Å². The summed E-state index contributed by atoms with van der Waals surface area (Å²) in [6, 6.07) is 6.32. The molecule has 0 aromatic heterocycles. The maximum absolute atomic E-state index is 12.6. The fourth-order valence-electron chi connectivity index (χ4n) is 5.02. The van der Waals surface area contributed by atoms with Gasteiger partial charge in [0.15, 0.2) is 0 Å². The summed E-state index contributed by atoms with van der Waals surface area (Å²) in [6.07, 6.45) is 5.36. The smallest absolute Gasteiger partial charge is 0.224 e. The van der Waals surface area contributed by atoms with Crippen molar-refractivity contribution in [3.63, 3.8) is 0 Å². The van der Waals surface area contributed by atoms with Crippen molar-refractivity contribution in [1.29, 1.82) is 0 Å². The Bertz CT molecular complexity index is 763. The molecule has 0 spiro atoms. The Balaban J connectivity index is 1.65. The summed E-state index contributed by atoms with van der Waals surface area (Å²) in [7, 11) is 2.16. The number of carbonyl (C=O) groups excluding carboxylic acids is 1. The lowest BCUT2D eigenvalue weighted by molar-refractivity contribution is -0.120. The van der Waals surface area contributed by atoms with E-state index in [1.54, 1.807) is 0 Å². The molecule has 2 heterocycles. The zero-order chi connectivity index (χ0) is 23.3. The lowest BCUT2D eigenvalue weighted by atomic mass is 9.85. The van der Waals surface area contributed by atoms with Gasteiger partial charge in [-0.05, 0) is 76.9 Å². The Morgan fingerprint density at radius 2 is 2.06 bits per heavy atom. The minimum atomic E-state index is -0.676. The highest BCUT2D eigenvalue weighted by Crippen LogP contribution is 2.40. The van der Waals surface area contributed by atoms with Gasteiger partial charge in [0.1, 0.15) is 17.5 Å². The number of rotatable bonds is 10. The summed E-state index contributed by atoms with van der Waals surface area (Å²) in [5.74, 6) is 1.41. The Morgan fingerprint density at radius 3 is 2.72 bits per heavy atom. The van der Waals surface area contributed by atoms with Crippen molar-refractivity contribution in [2.45, 2.75) is 90.0 Å². The number of nitrogens with one attached hydrogen (secondary N) is 2. The van der Waals surface area contributed by atoms with Crippen LogP contribution < -0.4 is 15.4 Å². The maximum Gasteiger partial charge on any atom is 0.224 e. The van der Waals surface area contributed by atoms with E-state index >= 15 is 0 Å². The number of amides is 1. The van der Waals surface area contributed by atoms with E-state index in [9.17, 15) is 9.90 Å². The van der Waals surface area contributed by atoms with E-state index in [-0.39, 0.29) is 11.9 Å². The highest BCUT2D eigenvalue weighted by molar-refractivity contribution is 5.78. The van der Waals surface area contributed by atoms with Crippen molar-refractivity contribution in [2.24, 2.45) is 5.92 Å². The van der Waals surface area contributed by atoms with Crippen molar-refractivity contribution in [1.82, 2.24) is 15.5 Å². The number of benzene rings is 1. The van der Waals surface area contributed by atoms with Gasteiger partial charge in [0.25, 0.3) is 0 Å². The molecule has 6 nitrogen and oxygen atoms in total. The number of hydrogen-bond donors (Lipinski definition) is 3. The fraction of sp³-hybridized carbons (Fsp3) is 0.731. The van der Waals surface area contributed by atoms with Crippen LogP contribution in [0.2, 0.25) is 0 Å². The van der Waals surface area contributed by atoms with Gasteiger partial charge >= 0.3 is 0 Å². The molecule has 0 radical (unpaired) electrons. The van der Waals surface area contributed by atoms with Gasteiger partial charge in [-0.3, -0.25) is 4.79 Å². The molecule has 3 N–H and O–H groups in total. The highest BCUT2D eigenvalue weighted by Gasteiger charge is 2.42. The molecule has 1 saturated heterocycles. The molecule has 2 aliphatic heterocycles. The minimum absolute atomic E-state index is 0.0461. The maximum atomic E-state index is 12.6. The van der Waals surface area contributed by atoms with Crippen molar-refractivity contribution < 1.29 is 14.6 Å². The lowest BCUT2D eigenvalue weighted by Gasteiger charge is -2.43. The van der Waals surface area contributed by atoms with Gasteiger partial charge in [-0.1, -0.05) is 32.8 Å². The molecule has 2 aliphatic rings. The third-order valence-electron chi connectivity index (χ3n) is 7.43. The van der Waals surface area contributed by atoms with Gasteiger partial charge in [0.2, 0.25) is 5.91 Å². The Hall–Kier alpha value is -1.63. The predicted molar refractivity (Wildman–Crippen MR) is 129 cm³/mol. The quantitative estimate of drug-likeness (QED) is 0.515. The summed E-state index contributed by atoms with van der Waals surface area (Å²) in [4.78, 5) is 14.9. The lowest BCUT2D eigenvalue weighted by Crippen LogP contribution is -2.53. The summed E-state index contributed by atoms with van der Waals surface area (Å²) >= 11 is 0. The molecule has 3 rings (SSSR count). The van der Waals surface area contributed by atoms with Gasteiger partial charge in [-0.15, -0.1) is 0 Å². The second-order valence-electron chi connectivity index (χ2n) is 10.2. The normalized spacial score (nSPS) is 24.9. The van der Waals surface area contributed by atoms with E-state index in [1.807, 2.05) is 32.0 Å². The summed E-state index contributed by atoms with van der Waals surface area (Å²) < 4.78 is 6.12. The largest absolute Gasteiger partial charge is 0.485 e. The third kappa shape index (κ3) is 6.03. The van der Waals surface area contributed by atoms with Gasteiger partial charge in [0, 0.05) is 18.2 Å². The van der Waals surface area contributed by atoms with Crippen LogP contribution in [0.5, 0.6) is 5.75 Å². The van der Waals surface area contributed by atoms with Crippen LogP contribution in [-0.4, -0.2) is 60.3 Å². The molecule has 32 heavy (non-hydrogen) atoms. The van der Waals surface area contributed by atoms with Crippen molar-refractivity contribution in [2.75, 3.05) is 26.7 Å². The molecule has 180 valence electrons. The van der Waals surface area contributed by atoms with Crippen LogP contribution in [0.25, 0.3) is 0 Å². The average Bonchev–Trinajstić information content (AvgIpc) is 3.16. The highest BCUT2D eigenvalue weighted by atomic mass is 16.5. The minimum Gasteiger partial charge on any atom is -0.485 e. The van der Waals surface area contributed by atoms with Gasteiger partial charge in [-0.25, -0.2) is 0 Å². The van der Waals surface area contributed by atoms with E-state index < -0.39 is 11.7 Å². The molecule has 1 aromatic carbocycles. The molecule has 1 amide bonds. The number of ether oxygens (including phenoxy) is 1. The zero-order valence-corrected chi connectivity index (χ0v) is 20.6. The number of likely N-dealkylation sites (tertiary alicyclic amines) is 1. The first-order chi connectivity index (χ1) is 15.2. The van der Waals surface area contributed by atoms with Crippen molar-refractivity contribution in [3.05, 3.63) is 29.3 Å². The first kappa shape index (κ1) is 25.0. The molecule has 3 atom stereocenters.